The van der Waals surface area contributed by atoms with Crippen molar-refractivity contribution in [2.45, 2.75) is 65.2 Å². The Kier molecular flexibility index (Phi) is 4.98. The van der Waals surface area contributed by atoms with E-state index in [9.17, 15) is 10.2 Å². The highest BCUT2D eigenvalue weighted by Gasteiger charge is 2.22. The van der Waals surface area contributed by atoms with Crippen molar-refractivity contribution >= 4 is 0 Å². The van der Waals surface area contributed by atoms with Crippen molar-refractivity contribution in [3.63, 3.8) is 0 Å². The number of aromatic hydroxyl groups is 2. The second-order valence-electron chi connectivity index (χ2n) is 7.94. The molecule has 0 radical (unpaired) electrons. The van der Waals surface area contributed by atoms with Gasteiger partial charge in [0.25, 0.3) is 0 Å². The Balaban J connectivity index is 2.46. The lowest BCUT2D eigenvalue weighted by Crippen LogP contribution is -2.15. The molecule has 0 spiro atoms. The highest BCUT2D eigenvalue weighted by Crippen LogP contribution is 2.40. The molecule has 0 aromatic heterocycles. The van der Waals surface area contributed by atoms with E-state index >= 15 is 0 Å². The van der Waals surface area contributed by atoms with Gasteiger partial charge in [-0.15, -0.1) is 0 Å². The Hall–Kier alpha value is -1.96. The Morgan fingerprint density at radius 1 is 0.667 bits per heavy atom. The SMILES string of the molecule is CCC(C)(C)c1ccc(-c2ccc(C(C)(C)CC)cc2O)c(O)c1. The van der Waals surface area contributed by atoms with Crippen molar-refractivity contribution in [1.29, 1.82) is 0 Å². The molecule has 0 heterocycles. The first-order chi connectivity index (χ1) is 11.1. The minimum absolute atomic E-state index is 0.0209. The molecule has 0 unspecified atom stereocenters. The molecule has 2 aromatic carbocycles. The Morgan fingerprint density at radius 2 is 1.00 bits per heavy atom. The molecular weight excluding hydrogens is 296 g/mol. The first kappa shape index (κ1) is 18.4. The fourth-order valence-corrected chi connectivity index (χ4v) is 2.77. The van der Waals surface area contributed by atoms with E-state index in [1.807, 2.05) is 36.4 Å². The molecule has 130 valence electrons. The number of rotatable bonds is 5. The van der Waals surface area contributed by atoms with E-state index in [1.165, 1.54) is 0 Å². The highest BCUT2D eigenvalue weighted by molar-refractivity contribution is 5.76. The zero-order valence-corrected chi connectivity index (χ0v) is 15.8. The van der Waals surface area contributed by atoms with E-state index in [-0.39, 0.29) is 22.3 Å². The summed E-state index contributed by atoms with van der Waals surface area (Å²) in [6.45, 7) is 13.0. The third kappa shape index (κ3) is 3.43. The van der Waals surface area contributed by atoms with Crippen LogP contribution < -0.4 is 0 Å². The molecule has 0 aliphatic carbocycles. The normalized spacial score (nSPS) is 12.4. The molecule has 2 nitrogen and oxygen atoms in total. The zero-order chi connectivity index (χ0) is 18.1. The molecule has 0 aliphatic heterocycles. The molecule has 0 fully saturated rings. The average Bonchev–Trinajstić information content (AvgIpc) is 2.55. The van der Waals surface area contributed by atoms with Gasteiger partial charge in [0.05, 0.1) is 0 Å². The predicted octanol–water partition coefficient (Wildman–Crippen LogP) is 6.14. The molecule has 0 saturated heterocycles. The van der Waals surface area contributed by atoms with E-state index in [0.29, 0.717) is 11.1 Å². The fraction of sp³-hybridized carbons (Fsp3) is 0.455. The lowest BCUT2D eigenvalue weighted by molar-refractivity contribution is 0.459. The minimum Gasteiger partial charge on any atom is -0.507 e. The zero-order valence-electron chi connectivity index (χ0n) is 15.8. The summed E-state index contributed by atoms with van der Waals surface area (Å²) in [7, 11) is 0. The van der Waals surface area contributed by atoms with Crippen molar-refractivity contribution in [3.8, 4) is 22.6 Å². The highest BCUT2D eigenvalue weighted by atomic mass is 16.3. The van der Waals surface area contributed by atoms with Crippen LogP contribution in [-0.4, -0.2) is 10.2 Å². The lowest BCUT2D eigenvalue weighted by Gasteiger charge is -2.25. The van der Waals surface area contributed by atoms with Gasteiger partial charge in [-0.1, -0.05) is 65.8 Å². The van der Waals surface area contributed by atoms with Gasteiger partial charge in [-0.2, -0.15) is 0 Å². The molecule has 24 heavy (non-hydrogen) atoms. The second kappa shape index (κ2) is 6.51. The van der Waals surface area contributed by atoms with Crippen LogP contribution in [0.1, 0.15) is 65.5 Å². The van der Waals surface area contributed by atoms with Crippen molar-refractivity contribution in [2.75, 3.05) is 0 Å². The topological polar surface area (TPSA) is 40.5 Å². The molecule has 2 heteroatoms. The second-order valence-corrected chi connectivity index (χ2v) is 7.94. The van der Waals surface area contributed by atoms with E-state index < -0.39 is 0 Å². The fourth-order valence-electron chi connectivity index (χ4n) is 2.77. The quantitative estimate of drug-likeness (QED) is 0.693. The summed E-state index contributed by atoms with van der Waals surface area (Å²) in [5.74, 6) is 0.429. The van der Waals surface area contributed by atoms with Crippen molar-refractivity contribution in [3.05, 3.63) is 47.5 Å². The molecule has 0 saturated carbocycles. The Labute approximate surface area is 146 Å². The monoisotopic (exact) mass is 326 g/mol. The van der Waals surface area contributed by atoms with Crippen molar-refractivity contribution in [2.24, 2.45) is 0 Å². The van der Waals surface area contributed by atoms with Crippen LogP contribution in [0, 0.1) is 0 Å². The first-order valence-electron chi connectivity index (χ1n) is 8.79. The molecule has 2 aromatic rings. The van der Waals surface area contributed by atoms with Gasteiger partial charge in [-0.3, -0.25) is 0 Å². The molecule has 0 bridgehead atoms. The summed E-state index contributed by atoms with van der Waals surface area (Å²) >= 11 is 0. The number of hydrogen-bond donors (Lipinski definition) is 2. The van der Waals surface area contributed by atoms with Crippen LogP contribution in [0.5, 0.6) is 11.5 Å². The van der Waals surface area contributed by atoms with E-state index in [4.69, 9.17) is 0 Å². The lowest BCUT2D eigenvalue weighted by atomic mass is 9.80. The maximum absolute atomic E-state index is 10.5. The standard InChI is InChI=1S/C22H30O2/c1-7-21(3,4)15-9-11-17(19(23)13-15)18-12-10-16(14-20(18)24)22(5,6)8-2/h9-14,23-24H,7-8H2,1-6H3. The largest absolute Gasteiger partial charge is 0.507 e. The predicted molar refractivity (Wildman–Crippen MR) is 102 cm³/mol. The van der Waals surface area contributed by atoms with Gasteiger partial charge in [-0.25, -0.2) is 0 Å². The Bertz CT molecular complexity index is 663. The van der Waals surface area contributed by atoms with Gasteiger partial charge in [0.15, 0.2) is 0 Å². The minimum atomic E-state index is 0.0209. The number of hydrogen-bond acceptors (Lipinski definition) is 2. The summed E-state index contributed by atoms with van der Waals surface area (Å²) in [6, 6.07) is 11.5. The van der Waals surface area contributed by atoms with Gasteiger partial charge in [0.1, 0.15) is 11.5 Å². The van der Waals surface area contributed by atoms with Crippen LogP contribution in [0.3, 0.4) is 0 Å². The van der Waals surface area contributed by atoms with E-state index in [2.05, 4.69) is 41.5 Å². The van der Waals surface area contributed by atoms with Crippen molar-refractivity contribution in [1.82, 2.24) is 0 Å². The third-order valence-corrected chi connectivity index (χ3v) is 5.62. The Morgan fingerprint density at radius 3 is 1.25 bits per heavy atom. The van der Waals surface area contributed by atoms with Crippen LogP contribution in [0.2, 0.25) is 0 Å². The van der Waals surface area contributed by atoms with Gasteiger partial charge in [0.2, 0.25) is 0 Å². The van der Waals surface area contributed by atoms with Crippen LogP contribution in [0.15, 0.2) is 36.4 Å². The number of phenols is 2. The van der Waals surface area contributed by atoms with Gasteiger partial charge in [-0.05, 0) is 46.9 Å². The van der Waals surface area contributed by atoms with Crippen LogP contribution in [0.25, 0.3) is 11.1 Å². The molecule has 0 atom stereocenters. The summed E-state index contributed by atoms with van der Waals surface area (Å²) in [5, 5.41) is 21.0. The first-order valence-corrected chi connectivity index (χ1v) is 8.79. The third-order valence-electron chi connectivity index (χ3n) is 5.62. The van der Waals surface area contributed by atoms with Crippen LogP contribution in [0.4, 0.5) is 0 Å². The average molecular weight is 326 g/mol. The van der Waals surface area contributed by atoms with Crippen LogP contribution >= 0.6 is 0 Å². The van der Waals surface area contributed by atoms with E-state index in [0.717, 1.165) is 24.0 Å². The summed E-state index contributed by atoms with van der Waals surface area (Å²) in [6.07, 6.45) is 2.00. The number of phenolic OH excluding ortho intramolecular Hbond substituents is 2. The summed E-state index contributed by atoms with van der Waals surface area (Å²) < 4.78 is 0. The summed E-state index contributed by atoms with van der Waals surface area (Å²) in [5.41, 5.74) is 3.59. The van der Waals surface area contributed by atoms with E-state index in [1.54, 1.807) is 0 Å². The molecule has 0 amide bonds. The maximum Gasteiger partial charge on any atom is 0.123 e. The van der Waals surface area contributed by atoms with Crippen molar-refractivity contribution < 1.29 is 10.2 Å². The molecule has 2 rings (SSSR count). The smallest absolute Gasteiger partial charge is 0.123 e. The summed E-state index contributed by atoms with van der Waals surface area (Å²) in [4.78, 5) is 0. The molecule has 2 N–H and O–H groups in total. The maximum atomic E-state index is 10.5. The van der Waals surface area contributed by atoms with Gasteiger partial charge in [0, 0.05) is 11.1 Å². The van der Waals surface area contributed by atoms with Gasteiger partial charge < -0.3 is 10.2 Å². The van der Waals surface area contributed by atoms with Gasteiger partial charge >= 0.3 is 0 Å². The molecule has 0 aliphatic rings. The van der Waals surface area contributed by atoms with Crippen LogP contribution in [-0.2, 0) is 10.8 Å². The molecular formula is C22H30O2. The number of benzene rings is 2.